The molecule has 2 aliphatic rings. The Kier molecular flexibility index (Phi) is 7.22. The summed E-state index contributed by atoms with van der Waals surface area (Å²) in [5.74, 6) is 0.146. The summed E-state index contributed by atoms with van der Waals surface area (Å²) in [5, 5.41) is 0. The summed E-state index contributed by atoms with van der Waals surface area (Å²) in [7, 11) is 0. The van der Waals surface area contributed by atoms with E-state index in [0.717, 1.165) is 45.7 Å². The molecular formula is C19H27FN2O4. The minimum atomic E-state index is -0.321. The molecule has 0 bridgehead atoms. The number of hydrogen-bond donors (Lipinski definition) is 0. The summed E-state index contributed by atoms with van der Waals surface area (Å²) >= 11 is 0. The average molecular weight is 366 g/mol. The van der Waals surface area contributed by atoms with Gasteiger partial charge in [-0.2, -0.15) is 0 Å². The third-order valence-corrected chi connectivity index (χ3v) is 4.89. The molecule has 7 heteroatoms. The van der Waals surface area contributed by atoms with Crippen LogP contribution < -0.4 is 4.74 Å². The zero-order valence-corrected chi connectivity index (χ0v) is 15.1. The number of hydrogen-bond acceptors (Lipinski definition) is 5. The van der Waals surface area contributed by atoms with Gasteiger partial charge >= 0.3 is 0 Å². The van der Waals surface area contributed by atoms with Crippen LogP contribution in [0.3, 0.4) is 0 Å². The highest BCUT2D eigenvalue weighted by Gasteiger charge is 2.26. The molecule has 0 saturated carbocycles. The van der Waals surface area contributed by atoms with Crippen LogP contribution in [0.5, 0.6) is 5.75 Å². The van der Waals surface area contributed by atoms with E-state index in [1.54, 1.807) is 0 Å². The molecule has 26 heavy (non-hydrogen) atoms. The van der Waals surface area contributed by atoms with Crippen LogP contribution in [0.4, 0.5) is 4.39 Å². The van der Waals surface area contributed by atoms with E-state index in [2.05, 4.69) is 4.90 Å². The van der Waals surface area contributed by atoms with Gasteiger partial charge in [0, 0.05) is 45.4 Å². The summed E-state index contributed by atoms with van der Waals surface area (Å²) in [4.78, 5) is 17.1. The van der Waals surface area contributed by atoms with Crippen molar-refractivity contribution in [2.24, 2.45) is 0 Å². The first kappa shape index (κ1) is 19.1. The number of morpholine rings is 1. The van der Waals surface area contributed by atoms with Gasteiger partial charge in [-0.25, -0.2) is 4.39 Å². The van der Waals surface area contributed by atoms with Gasteiger partial charge in [0.05, 0.1) is 13.2 Å². The van der Waals surface area contributed by atoms with Gasteiger partial charge in [0.1, 0.15) is 11.6 Å². The molecule has 2 fully saturated rings. The summed E-state index contributed by atoms with van der Waals surface area (Å²) in [6.07, 6.45) is 1.71. The van der Waals surface area contributed by atoms with Crippen molar-refractivity contribution in [3.8, 4) is 5.75 Å². The molecule has 0 spiro atoms. The zero-order chi connectivity index (χ0) is 18.2. The largest absolute Gasteiger partial charge is 0.484 e. The Bertz CT molecular complexity index is 557. The fraction of sp³-hybridized carbons (Fsp3) is 0.632. The van der Waals surface area contributed by atoms with Crippen molar-refractivity contribution >= 4 is 5.91 Å². The van der Waals surface area contributed by atoms with Crippen molar-refractivity contribution in [2.75, 3.05) is 59.2 Å². The first-order valence-electron chi connectivity index (χ1n) is 9.28. The number of carbonyl (C=O) groups is 1. The molecular weight excluding hydrogens is 339 g/mol. The normalized spacial score (nSPS) is 19.3. The Labute approximate surface area is 153 Å². The van der Waals surface area contributed by atoms with Crippen LogP contribution in [0.25, 0.3) is 0 Å². The molecule has 0 atom stereocenters. The Balaban J connectivity index is 1.55. The summed E-state index contributed by atoms with van der Waals surface area (Å²) < 4.78 is 29.4. The first-order chi connectivity index (χ1) is 12.7. The van der Waals surface area contributed by atoms with Crippen molar-refractivity contribution in [3.05, 3.63) is 30.1 Å². The van der Waals surface area contributed by atoms with Crippen molar-refractivity contribution in [1.82, 2.24) is 9.80 Å². The highest BCUT2D eigenvalue weighted by Crippen LogP contribution is 2.16. The van der Waals surface area contributed by atoms with E-state index in [4.69, 9.17) is 14.2 Å². The van der Waals surface area contributed by atoms with Gasteiger partial charge in [0.15, 0.2) is 6.61 Å². The van der Waals surface area contributed by atoms with Crippen LogP contribution in [0.1, 0.15) is 12.8 Å². The lowest BCUT2D eigenvalue weighted by atomic mass is 10.1. The molecule has 3 rings (SSSR count). The third-order valence-electron chi connectivity index (χ3n) is 4.89. The molecule has 2 aliphatic heterocycles. The van der Waals surface area contributed by atoms with Crippen LogP contribution in [-0.4, -0.2) is 81.0 Å². The Morgan fingerprint density at radius 2 is 1.77 bits per heavy atom. The lowest BCUT2D eigenvalue weighted by Gasteiger charge is -2.36. The van der Waals surface area contributed by atoms with E-state index < -0.39 is 0 Å². The van der Waals surface area contributed by atoms with Crippen LogP contribution in [-0.2, 0) is 14.3 Å². The maximum Gasteiger partial charge on any atom is 0.260 e. The van der Waals surface area contributed by atoms with Gasteiger partial charge in [0.25, 0.3) is 5.91 Å². The second-order valence-electron chi connectivity index (χ2n) is 6.63. The SMILES string of the molecule is O=C(COc1ccc(F)cc1)N(CCN1CCOCC1)C1CCOCC1. The Morgan fingerprint density at radius 1 is 1.12 bits per heavy atom. The quantitative estimate of drug-likeness (QED) is 0.733. The summed E-state index contributed by atoms with van der Waals surface area (Å²) in [5.41, 5.74) is 0. The molecule has 1 aromatic rings. The molecule has 1 aromatic carbocycles. The lowest BCUT2D eigenvalue weighted by molar-refractivity contribution is -0.138. The number of carbonyl (C=O) groups excluding carboxylic acids is 1. The minimum Gasteiger partial charge on any atom is -0.484 e. The van der Waals surface area contributed by atoms with Gasteiger partial charge in [0.2, 0.25) is 0 Å². The molecule has 0 aromatic heterocycles. The van der Waals surface area contributed by atoms with E-state index in [9.17, 15) is 9.18 Å². The molecule has 0 unspecified atom stereocenters. The number of rotatable bonds is 7. The van der Waals surface area contributed by atoms with Gasteiger partial charge < -0.3 is 19.1 Å². The number of benzene rings is 1. The fourth-order valence-corrected chi connectivity index (χ4v) is 3.34. The van der Waals surface area contributed by atoms with Crippen LogP contribution >= 0.6 is 0 Å². The smallest absolute Gasteiger partial charge is 0.260 e. The maximum atomic E-state index is 13.0. The maximum absolute atomic E-state index is 13.0. The van der Waals surface area contributed by atoms with E-state index >= 15 is 0 Å². The summed E-state index contributed by atoms with van der Waals surface area (Å²) in [6, 6.07) is 5.92. The fourth-order valence-electron chi connectivity index (χ4n) is 3.34. The highest BCUT2D eigenvalue weighted by atomic mass is 19.1. The number of amides is 1. The van der Waals surface area contributed by atoms with Gasteiger partial charge in [-0.05, 0) is 37.1 Å². The van der Waals surface area contributed by atoms with Gasteiger partial charge in [-0.15, -0.1) is 0 Å². The third kappa shape index (κ3) is 5.65. The van der Waals surface area contributed by atoms with Gasteiger partial charge in [-0.3, -0.25) is 9.69 Å². The second-order valence-corrected chi connectivity index (χ2v) is 6.63. The predicted molar refractivity (Wildman–Crippen MR) is 94.7 cm³/mol. The van der Waals surface area contributed by atoms with Crippen molar-refractivity contribution in [1.29, 1.82) is 0 Å². The molecule has 2 saturated heterocycles. The Hall–Kier alpha value is -1.70. The van der Waals surface area contributed by atoms with E-state index in [-0.39, 0.29) is 24.4 Å². The molecule has 0 N–H and O–H groups in total. The predicted octanol–water partition coefficient (Wildman–Crippen LogP) is 1.54. The van der Waals surface area contributed by atoms with Crippen molar-refractivity contribution in [2.45, 2.75) is 18.9 Å². The van der Waals surface area contributed by atoms with E-state index in [1.807, 2.05) is 4.90 Å². The van der Waals surface area contributed by atoms with Crippen LogP contribution in [0.15, 0.2) is 24.3 Å². The van der Waals surface area contributed by atoms with Crippen molar-refractivity contribution in [3.63, 3.8) is 0 Å². The molecule has 144 valence electrons. The number of nitrogens with zero attached hydrogens (tertiary/aromatic N) is 2. The van der Waals surface area contributed by atoms with E-state index in [0.29, 0.717) is 25.5 Å². The molecule has 1 amide bonds. The first-order valence-corrected chi connectivity index (χ1v) is 9.28. The monoisotopic (exact) mass is 366 g/mol. The molecule has 2 heterocycles. The molecule has 6 nitrogen and oxygen atoms in total. The second kappa shape index (κ2) is 9.85. The van der Waals surface area contributed by atoms with Crippen molar-refractivity contribution < 1.29 is 23.4 Å². The molecule has 0 aliphatic carbocycles. The number of halogens is 1. The molecule has 0 radical (unpaired) electrons. The zero-order valence-electron chi connectivity index (χ0n) is 15.1. The van der Waals surface area contributed by atoms with Gasteiger partial charge in [-0.1, -0.05) is 0 Å². The highest BCUT2D eigenvalue weighted by molar-refractivity contribution is 5.78. The lowest BCUT2D eigenvalue weighted by Crippen LogP contribution is -2.49. The topological polar surface area (TPSA) is 51.2 Å². The van der Waals surface area contributed by atoms with Crippen LogP contribution in [0.2, 0.25) is 0 Å². The Morgan fingerprint density at radius 3 is 2.46 bits per heavy atom. The number of ether oxygens (including phenoxy) is 3. The van der Waals surface area contributed by atoms with Crippen LogP contribution in [0, 0.1) is 5.82 Å². The van der Waals surface area contributed by atoms with E-state index in [1.165, 1.54) is 24.3 Å². The average Bonchev–Trinajstić information content (AvgIpc) is 2.69. The minimum absolute atomic E-state index is 0.0329. The standard InChI is InChI=1S/C19H27FN2O4/c20-16-1-3-18(4-2-16)26-15-19(23)22(17-5-11-24-12-6-17)8-7-21-9-13-25-14-10-21/h1-4,17H,5-15H2. The summed E-state index contributed by atoms with van der Waals surface area (Å²) in [6.45, 7) is 6.16.